The van der Waals surface area contributed by atoms with Crippen LogP contribution in [-0.4, -0.2) is 34.5 Å². The van der Waals surface area contributed by atoms with Crippen LogP contribution < -0.4 is 0 Å². The van der Waals surface area contributed by atoms with E-state index in [1.54, 1.807) is 24.9 Å². The Hall–Kier alpha value is -2.21. The fourth-order valence-electron chi connectivity index (χ4n) is 1.89. The van der Waals surface area contributed by atoms with Crippen molar-refractivity contribution in [3.8, 4) is 5.82 Å². The molecular formula is C14H17N3O3. The van der Waals surface area contributed by atoms with Crippen LogP contribution in [0.5, 0.6) is 0 Å². The summed E-state index contributed by atoms with van der Waals surface area (Å²) in [6.07, 6.45) is 2.85. The van der Waals surface area contributed by atoms with Gasteiger partial charge in [0.05, 0.1) is 24.6 Å². The molecule has 0 fully saturated rings. The lowest BCUT2D eigenvalue weighted by molar-refractivity contribution is 0.0514. The molecule has 106 valence electrons. The molecule has 20 heavy (non-hydrogen) atoms. The highest BCUT2D eigenvalue weighted by molar-refractivity contribution is 5.90. The summed E-state index contributed by atoms with van der Waals surface area (Å²) in [5.41, 5.74) is 1.02. The van der Waals surface area contributed by atoms with Crippen LogP contribution in [0.4, 0.5) is 0 Å². The molecular weight excluding hydrogens is 258 g/mol. The first-order valence-electron chi connectivity index (χ1n) is 6.38. The van der Waals surface area contributed by atoms with Crippen molar-refractivity contribution in [2.24, 2.45) is 0 Å². The zero-order chi connectivity index (χ0) is 14.5. The second-order valence-electron chi connectivity index (χ2n) is 4.14. The van der Waals surface area contributed by atoms with Gasteiger partial charge in [0, 0.05) is 13.3 Å². The molecule has 6 heteroatoms. The summed E-state index contributed by atoms with van der Waals surface area (Å²) < 4.78 is 12.0. The molecule has 0 aromatic carbocycles. The van der Waals surface area contributed by atoms with Gasteiger partial charge < -0.3 is 9.47 Å². The number of carbonyl (C=O) groups is 1. The number of carbonyl (C=O) groups excluding carboxylic acids is 1. The van der Waals surface area contributed by atoms with Gasteiger partial charge in [0.2, 0.25) is 0 Å². The molecule has 0 N–H and O–H groups in total. The minimum atomic E-state index is -0.409. The van der Waals surface area contributed by atoms with Crippen LogP contribution in [0.1, 0.15) is 36.0 Å². The third-order valence-electron chi connectivity index (χ3n) is 2.91. The van der Waals surface area contributed by atoms with Crippen LogP contribution in [0.2, 0.25) is 0 Å². The van der Waals surface area contributed by atoms with E-state index in [-0.39, 0.29) is 6.10 Å². The number of hydrogen-bond acceptors (Lipinski definition) is 5. The number of hydrogen-bond donors (Lipinski definition) is 0. The summed E-state index contributed by atoms with van der Waals surface area (Å²) in [7, 11) is 1.58. The number of rotatable bonds is 5. The van der Waals surface area contributed by atoms with Crippen molar-refractivity contribution in [2.75, 3.05) is 13.7 Å². The van der Waals surface area contributed by atoms with Gasteiger partial charge in [0.25, 0.3) is 0 Å². The molecule has 1 atom stereocenters. The molecule has 0 aliphatic heterocycles. The topological polar surface area (TPSA) is 66.2 Å². The van der Waals surface area contributed by atoms with E-state index in [4.69, 9.17) is 9.47 Å². The third-order valence-corrected chi connectivity index (χ3v) is 2.91. The predicted octanol–water partition coefficient (Wildman–Crippen LogP) is 2.15. The van der Waals surface area contributed by atoms with Crippen molar-refractivity contribution < 1.29 is 14.3 Å². The SMILES string of the molecule is CCOC(=O)c1cnn(-c2ccccn2)c1C(C)OC. The van der Waals surface area contributed by atoms with Crippen molar-refractivity contribution in [3.63, 3.8) is 0 Å². The summed E-state index contributed by atoms with van der Waals surface area (Å²) in [5.74, 6) is 0.218. The molecule has 2 aromatic heterocycles. The first-order chi connectivity index (χ1) is 9.69. The largest absolute Gasteiger partial charge is 0.462 e. The van der Waals surface area contributed by atoms with E-state index >= 15 is 0 Å². The maximum Gasteiger partial charge on any atom is 0.341 e. The van der Waals surface area contributed by atoms with Crippen LogP contribution in [0.15, 0.2) is 30.6 Å². The standard InChI is InChI=1S/C14H17N3O3/c1-4-20-14(18)11-9-16-17(13(11)10(2)19-3)12-7-5-6-8-15-12/h5-10H,4H2,1-3H3. The van der Waals surface area contributed by atoms with Gasteiger partial charge >= 0.3 is 5.97 Å². The lowest BCUT2D eigenvalue weighted by Crippen LogP contribution is -2.13. The van der Waals surface area contributed by atoms with Gasteiger partial charge in [0.15, 0.2) is 5.82 Å². The molecule has 2 aromatic rings. The van der Waals surface area contributed by atoms with E-state index < -0.39 is 5.97 Å². The van der Waals surface area contributed by atoms with E-state index in [1.165, 1.54) is 6.20 Å². The molecule has 0 spiro atoms. The van der Waals surface area contributed by atoms with Crippen LogP contribution in [0, 0.1) is 0 Å². The van der Waals surface area contributed by atoms with Crippen molar-refractivity contribution >= 4 is 5.97 Å². The molecule has 0 radical (unpaired) electrons. The number of esters is 1. The van der Waals surface area contributed by atoms with Gasteiger partial charge in [-0.05, 0) is 26.0 Å². The van der Waals surface area contributed by atoms with Crippen LogP contribution >= 0.6 is 0 Å². The summed E-state index contributed by atoms with van der Waals surface area (Å²) >= 11 is 0. The maximum absolute atomic E-state index is 12.0. The highest BCUT2D eigenvalue weighted by atomic mass is 16.5. The van der Waals surface area contributed by atoms with Gasteiger partial charge in [0.1, 0.15) is 5.56 Å². The first kappa shape index (κ1) is 14.2. The zero-order valence-electron chi connectivity index (χ0n) is 11.7. The Labute approximate surface area is 117 Å². The Balaban J connectivity index is 2.51. The highest BCUT2D eigenvalue weighted by Gasteiger charge is 2.24. The second-order valence-corrected chi connectivity index (χ2v) is 4.14. The molecule has 6 nitrogen and oxygen atoms in total. The molecule has 1 unspecified atom stereocenters. The Morgan fingerprint density at radius 2 is 2.25 bits per heavy atom. The average Bonchev–Trinajstić information content (AvgIpc) is 2.92. The Morgan fingerprint density at radius 1 is 1.45 bits per heavy atom. The summed E-state index contributed by atoms with van der Waals surface area (Å²) in [6.45, 7) is 3.92. The van der Waals surface area contributed by atoms with Gasteiger partial charge in [-0.3, -0.25) is 0 Å². The van der Waals surface area contributed by atoms with E-state index in [1.807, 2.05) is 25.1 Å². The lowest BCUT2D eigenvalue weighted by Gasteiger charge is -2.14. The molecule has 0 amide bonds. The lowest BCUT2D eigenvalue weighted by atomic mass is 10.1. The number of aromatic nitrogens is 3. The van der Waals surface area contributed by atoms with Gasteiger partial charge in [-0.25, -0.2) is 14.5 Å². The number of pyridine rings is 1. The van der Waals surface area contributed by atoms with Gasteiger partial charge in [-0.15, -0.1) is 0 Å². The Morgan fingerprint density at radius 3 is 2.85 bits per heavy atom. The van der Waals surface area contributed by atoms with Crippen LogP contribution in [0.3, 0.4) is 0 Å². The molecule has 0 aliphatic carbocycles. The molecule has 0 bridgehead atoms. The fourth-order valence-corrected chi connectivity index (χ4v) is 1.89. The van der Waals surface area contributed by atoms with Gasteiger partial charge in [-0.1, -0.05) is 6.07 Å². The van der Waals surface area contributed by atoms with Crippen molar-refractivity contribution in [3.05, 3.63) is 41.9 Å². The molecule has 0 aliphatic rings. The third kappa shape index (κ3) is 2.70. The maximum atomic E-state index is 12.0. The molecule has 2 heterocycles. The molecule has 0 saturated carbocycles. The van der Waals surface area contributed by atoms with Crippen molar-refractivity contribution in [1.29, 1.82) is 0 Å². The van der Waals surface area contributed by atoms with E-state index in [2.05, 4.69) is 10.1 Å². The van der Waals surface area contributed by atoms with Gasteiger partial charge in [-0.2, -0.15) is 5.10 Å². The van der Waals surface area contributed by atoms with Crippen LogP contribution in [-0.2, 0) is 9.47 Å². The number of ether oxygens (including phenoxy) is 2. The number of nitrogens with zero attached hydrogens (tertiary/aromatic N) is 3. The minimum absolute atomic E-state index is 0.307. The highest BCUT2D eigenvalue weighted by Crippen LogP contribution is 2.23. The first-order valence-corrected chi connectivity index (χ1v) is 6.38. The summed E-state index contributed by atoms with van der Waals surface area (Å²) in [4.78, 5) is 16.2. The Bertz CT molecular complexity index is 581. The van der Waals surface area contributed by atoms with Crippen molar-refractivity contribution in [2.45, 2.75) is 20.0 Å². The smallest absolute Gasteiger partial charge is 0.341 e. The molecule has 0 saturated heterocycles. The van der Waals surface area contributed by atoms with Crippen molar-refractivity contribution in [1.82, 2.24) is 14.8 Å². The van der Waals surface area contributed by atoms with E-state index in [9.17, 15) is 4.79 Å². The fraction of sp³-hybridized carbons (Fsp3) is 0.357. The average molecular weight is 275 g/mol. The van der Waals surface area contributed by atoms with E-state index in [0.29, 0.717) is 23.7 Å². The molecule has 2 rings (SSSR count). The summed E-state index contributed by atoms with van der Waals surface area (Å²) in [5, 5.41) is 4.23. The van der Waals surface area contributed by atoms with E-state index in [0.717, 1.165) is 0 Å². The quantitative estimate of drug-likeness (QED) is 0.782. The summed E-state index contributed by atoms with van der Waals surface area (Å²) in [6, 6.07) is 5.49. The monoisotopic (exact) mass is 275 g/mol. The number of methoxy groups -OCH3 is 1. The predicted molar refractivity (Wildman–Crippen MR) is 72.7 cm³/mol. The minimum Gasteiger partial charge on any atom is -0.462 e. The van der Waals surface area contributed by atoms with Crippen LogP contribution in [0.25, 0.3) is 5.82 Å². The Kier molecular flexibility index (Phi) is 4.47. The zero-order valence-corrected chi connectivity index (χ0v) is 11.7. The normalized spacial score (nSPS) is 12.2. The second kappa shape index (κ2) is 6.29.